The molecule has 4 nitrogen and oxygen atoms in total. The second kappa shape index (κ2) is 5.57. The molecule has 0 spiro atoms. The minimum atomic E-state index is -0.375. The van der Waals surface area contributed by atoms with Crippen LogP contribution in [-0.4, -0.2) is 11.0 Å². The summed E-state index contributed by atoms with van der Waals surface area (Å²) in [5.41, 5.74) is 0.608. The molecule has 1 aromatic rings. The first-order chi connectivity index (χ1) is 8.58. The lowest BCUT2D eigenvalue weighted by atomic mass is 9.99. The van der Waals surface area contributed by atoms with Crippen LogP contribution in [0.4, 0.5) is 11.4 Å². The Morgan fingerprint density at radius 1 is 1.44 bits per heavy atom. The van der Waals surface area contributed by atoms with Crippen molar-refractivity contribution in [3.63, 3.8) is 0 Å². The van der Waals surface area contributed by atoms with Gasteiger partial charge in [0.2, 0.25) is 0 Å². The van der Waals surface area contributed by atoms with Crippen LogP contribution in [-0.2, 0) is 0 Å². The Hall–Kier alpha value is -1.29. The summed E-state index contributed by atoms with van der Waals surface area (Å²) in [4.78, 5) is 10.6. The Morgan fingerprint density at radius 2 is 2.11 bits per heavy atom. The molecule has 0 saturated heterocycles. The van der Waals surface area contributed by atoms with Crippen molar-refractivity contribution in [3.8, 4) is 0 Å². The molecule has 5 heteroatoms. The molecule has 1 unspecified atom stereocenters. The van der Waals surface area contributed by atoms with Crippen molar-refractivity contribution in [2.45, 2.75) is 38.6 Å². The molecule has 1 aliphatic rings. The lowest BCUT2D eigenvalue weighted by Crippen LogP contribution is -2.24. The largest absolute Gasteiger partial charge is 0.377 e. The van der Waals surface area contributed by atoms with Gasteiger partial charge in [-0.3, -0.25) is 10.1 Å². The minimum absolute atomic E-state index is 0.0873. The molecule has 0 radical (unpaired) electrons. The van der Waals surface area contributed by atoms with Gasteiger partial charge in [0.15, 0.2) is 0 Å². The zero-order valence-electron chi connectivity index (χ0n) is 10.4. The molecule has 1 aromatic carbocycles. The van der Waals surface area contributed by atoms with Crippen LogP contribution < -0.4 is 5.32 Å². The maximum absolute atomic E-state index is 11.0. The van der Waals surface area contributed by atoms with E-state index in [0.29, 0.717) is 16.6 Å². The molecule has 1 fully saturated rings. The summed E-state index contributed by atoms with van der Waals surface area (Å²) in [6.45, 7) is 2.08. The van der Waals surface area contributed by atoms with E-state index in [1.165, 1.54) is 31.7 Å². The first-order valence-electron chi connectivity index (χ1n) is 6.28. The van der Waals surface area contributed by atoms with Gasteiger partial charge in [-0.15, -0.1) is 0 Å². The molecule has 0 amide bonds. The van der Waals surface area contributed by atoms with Crippen molar-refractivity contribution in [2.75, 3.05) is 5.32 Å². The third kappa shape index (κ3) is 2.93. The predicted octanol–water partition coefficient (Wildman–Crippen LogP) is 4.24. The maximum atomic E-state index is 11.0. The standard InChI is InChI=1S/C13H17ClN2O2/c1-9(10-4-2-3-5-10)15-12-8-11(14)6-7-13(12)16(17)18/h6-10,15H,2-5H2,1H3. The van der Waals surface area contributed by atoms with Crippen LogP contribution in [0.5, 0.6) is 0 Å². The summed E-state index contributed by atoms with van der Waals surface area (Å²) >= 11 is 5.90. The van der Waals surface area contributed by atoms with E-state index >= 15 is 0 Å². The van der Waals surface area contributed by atoms with E-state index in [4.69, 9.17) is 11.6 Å². The number of nitrogens with zero attached hydrogens (tertiary/aromatic N) is 1. The number of anilines is 1. The molecular formula is C13H17ClN2O2. The second-order valence-electron chi connectivity index (χ2n) is 4.90. The van der Waals surface area contributed by atoms with E-state index in [1.807, 2.05) is 0 Å². The van der Waals surface area contributed by atoms with Gasteiger partial charge < -0.3 is 5.32 Å². The van der Waals surface area contributed by atoms with Crippen LogP contribution in [0.25, 0.3) is 0 Å². The molecule has 98 valence electrons. The molecule has 0 aliphatic heterocycles. The van der Waals surface area contributed by atoms with Gasteiger partial charge in [0.1, 0.15) is 5.69 Å². The molecule has 1 atom stereocenters. The Labute approximate surface area is 111 Å². The summed E-state index contributed by atoms with van der Waals surface area (Å²) in [7, 11) is 0. The molecule has 1 saturated carbocycles. The maximum Gasteiger partial charge on any atom is 0.292 e. The lowest BCUT2D eigenvalue weighted by Gasteiger charge is -2.21. The third-order valence-electron chi connectivity index (χ3n) is 3.65. The highest BCUT2D eigenvalue weighted by molar-refractivity contribution is 6.31. The van der Waals surface area contributed by atoms with Gasteiger partial charge in [-0.05, 0) is 37.8 Å². The number of nitrogens with one attached hydrogen (secondary N) is 1. The molecule has 18 heavy (non-hydrogen) atoms. The Morgan fingerprint density at radius 3 is 2.72 bits per heavy atom. The number of halogens is 1. The quantitative estimate of drug-likeness (QED) is 0.656. The normalized spacial score (nSPS) is 17.7. The highest BCUT2D eigenvalue weighted by Gasteiger charge is 2.23. The monoisotopic (exact) mass is 268 g/mol. The van der Waals surface area contributed by atoms with Crippen LogP contribution >= 0.6 is 11.6 Å². The zero-order chi connectivity index (χ0) is 13.1. The van der Waals surface area contributed by atoms with Gasteiger partial charge in [-0.25, -0.2) is 0 Å². The fourth-order valence-electron chi connectivity index (χ4n) is 2.60. The fourth-order valence-corrected chi connectivity index (χ4v) is 2.78. The van der Waals surface area contributed by atoms with Crippen LogP contribution in [0.3, 0.4) is 0 Å². The van der Waals surface area contributed by atoms with Crippen LogP contribution in [0.1, 0.15) is 32.6 Å². The van der Waals surface area contributed by atoms with E-state index < -0.39 is 0 Å². The van der Waals surface area contributed by atoms with E-state index in [-0.39, 0.29) is 16.7 Å². The van der Waals surface area contributed by atoms with Crippen molar-refractivity contribution in [3.05, 3.63) is 33.3 Å². The van der Waals surface area contributed by atoms with E-state index in [2.05, 4.69) is 12.2 Å². The molecule has 1 aliphatic carbocycles. The van der Waals surface area contributed by atoms with E-state index in [1.54, 1.807) is 12.1 Å². The Bertz CT molecular complexity index is 445. The number of benzene rings is 1. The summed E-state index contributed by atoms with van der Waals surface area (Å²) in [5.74, 6) is 0.601. The summed E-state index contributed by atoms with van der Waals surface area (Å²) < 4.78 is 0. The number of nitro benzene ring substituents is 1. The zero-order valence-corrected chi connectivity index (χ0v) is 11.1. The van der Waals surface area contributed by atoms with Gasteiger partial charge in [0.25, 0.3) is 5.69 Å². The summed E-state index contributed by atoms with van der Waals surface area (Å²) in [5, 5.41) is 14.7. The van der Waals surface area contributed by atoms with Crippen LogP contribution in [0.2, 0.25) is 5.02 Å². The summed E-state index contributed by atoms with van der Waals surface area (Å²) in [6.07, 6.45) is 4.91. The van der Waals surface area contributed by atoms with Crippen molar-refractivity contribution >= 4 is 23.0 Å². The number of rotatable bonds is 4. The van der Waals surface area contributed by atoms with Gasteiger partial charge in [-0.1, -0.05) is 24.4 Å². The highest BCUT2D eigenvalue weighted by atomic mass is 35.5. The molecule has 2 rings (SSSR count). The Kier molecular flexibility index (Phi) is 4.07. The molecule has 0 aromatic heterocycles. The average Bonchev–Trinajstić information content (AvgIpc) is 2.81. The smallest absolute Gasteiger partial charge is 0.292 e. The van der Waals surface area contributed by atoms with Crippen molar-refractivity contribution in [1.82, 2.24) is 0 Å². The third-order valence-corrected chi connectivity index (χ3v) is 3.88. The van der Waals surface area contributed by atoms with Crippen molar-refractivity contribution in [2.24, 2.45) is 5.92 Å². The number of nitro groups is 1. The van der Waals surface area contributed by atoms with Crippen LogP contribution in [0.15, 0.2) is 18.2 Å². The number of hydrogen-bond acceptors (Lipinski definition) is 3. The first-order valence-corrected chi connectivity index (χ1v) is 6.66. The lowest BCUT2D eigenvalue weighted by molar-refractivity contribution is -0.384. The van der Waals surface area contributed by atoms with Gasteiger partial charge >= 0.3 is 0 Å². The van der Waals surface area contributed by atoms with Crippen LogP contribution in [0, 0.1) is 16.0 Å². The van der Waals surface area contributed by atoms with Crippen molar-refractivity contribution in [1.29, 1.82) is 0 Å². The average molecular weight is 269 g/mol. The Balaban J connectivity index is 2.16. The van der Waals surface area contributed by atoms with E-state index in [0.717, 1.165) is 0 Å². The first kappa shape index (κ1) is 13.1. The predicted molar refractivity (Wildman–Crippen MR) is 73.1 cm³/mol. The highest BCUT2D eigenvalue weighted by Crippen LogP contribution is 2.33. The van der Waals surface area contributed by atoms with Crippen molar-refractivity contribution < 1.29 is 4.92 Å². The molecule has 1 N–H and O–H groups in total. The second-order valence-corrected chi connectivity index (χ2v) is 5.33. The minimum Gasteiger partial charge on any atom is -0.377 e. The molecule has 0 bridgehead atoms. The SMILES string of the molecule is CC(Nc1cc(Cl)ccc1[N+](=O)[O-])C1CCCC1. The van der Waals surface area contributed by atoms with E-state index in [9.17, 15) is 10.1 Å². The summed E-state index contributed by atoms with van der Waals surface area (Å²) in [6, 6.07) is 4.87. The fraction of sp³-hybridized carbons (Fsp3) is 0.538. The topological polar surface area (TPSA) is 55.2 Å². The molecular weight excluding hydrogens is 252 g/mol. The number of hydrogen-bond donors (Lipinski definition) is 1. The molecule has 0 heterocycles. The van der Waals surface area contributed by atoms with Gasteiger partial charge in [0.05, 0.1) is 4.92 Å². The van der Waals surface area contributed by atoms with Gasteiger partial charge in [0, 0.05) is 17.1 Å². The van der Waals surface area contributed by atoms with Gasteiger partial charge in [-0.2, -0.15) is 0 Å².